The van der Waals surface area contributed by atoms with Crippen LogP contribution in [-0.2, 0) is 17.1 Å². The molecule has 7 nitrogen and oxygen atoms in total. The Hall–Kier alpha value is -2.32. The van der Waals surface area contributed by atoms with Crippen LogP contribution in [0.3, 0.4) is 0 Å². The number of carbonyl (C=O) groups excluding carboxylic acids is 1. The summed E-state index contributed by atoms with van der Waals surface area (Å²) in [7, 11) is -1.76. The molecule has 1 aliphatic rings. The molecule has 2 heterocycles. The van der Waals surface area contributed by atoms with Crippen LogP contribution in [0.5, 0.6) is 0 Å². The molecule has 0 saturated carbocycles. The van der Waals surface area contributed by atoms with E-state index in [1.165, 1.54) is 24.3 Å². The van der Waals surface area contributed by atoms with E-state index in [1.54, 1.807) is 0 Å². The summed E-state index contributed by atoms with van der Waals surface area (Å²) in [6.07, 6.45) is 3.85. The molecule has 1 aliphatic heterocycles. The molecule has 1 saturated heterocycles. The molecule has 8 heteroatoms. The molecule has 0 spiro atoms. The standard InChI is InChI=1S/C16H20N4O3S/c1-19-10-2-4-14(19)15-5-3-11-20(15)16(21)18-12-6-8-13(9-7-12)24(17,22)23/h2,4,6-10,15H,3,5,11H2,1H3,(H,18,21)(H2,17,22,23). The van der Waals surface area contributed by atoms with Crippen molar-refractivity contribution in [3.05, 3.63) is 48.3 Å². The number of likely N-dealkylation sites (tertiary alicyclic amines) is 1. The Labute approximate surface area is 141 Å². The van der Waals surface area contributed by atoms with Gasteiger partial charge in [0.15, 0.2) is 0 Å². The Morgan fingerprint density at radius 3 is 2.54 bits per heavy atom. The van der Waals surface area contributed by atoms with Crippen molar-refractivity contribution in [1.29, 1.82) is 0 Å². The number of hydrogen-bond donors (Lipinski definition) is 2. The Morgan fingerprint density at radius 2 is 1.96 bits per heavy atom. The van der Waals surface area contributed by atoms with Crippen molar-refractivity contribution in [2.75, 3.05) is 11.9 Å². The van der Waals surface area contributed by atoms with Crippen molar-refractivity contribution in [2.45, 2.75) is 23.8 Å². The van der Waals surface area contributed by atoms with Gasteiger partial charge >= 0.3 is 6.03 Å². The monoisotopic (exact) mass is 348 g/mol. The Morgan fingerprint density at radius 1 is 1.25 bits per heavy atom. The molecule has 3 N–H and O–H groups in total. The van der Waals surface area contributed by atoms with Gasteiger partial charge in [0.25, 0.3) is 0 Å². The number of hydrogen-bond acceptors (Lipinski definition) is 3. The van der Waals surface area contributed by atoms with E-state index in [1.807, 2.05) is 34.8 Å². The lowest BCUT2D eigenvalue weighted by Crippen LogP contribution is -2.35. The number of urea groups is 1. The van der Waals surface area contributed by atoms with Crippen LogP contribution in [0.4, 0.5) is 10.5 Å². The van der Waals surface area contributed by atoms with Crippen LogP contribution in [0.15, 0.2) is 47.5 Å². The highest BCUT2D eigenvalue weighted by atomic mass is 32.2. The normalized spacial score (nSPS) is 17.9. The minimum Gasteiger partial charge on any atom is -0.353 e. The average Bonchev–Trinajstić information content (AvgIpc) is 3.15. The second-order valence-electron chi connectivity index (χ2n) is 5.89. The number of amides is 2. The smallest absolute Gasteiger partial charge is 0.322 e. The van der Waals surface area contributed by atoms with Gasteiger partial charge in [-0.1, -0.05) is 0 Å². The summed E-state index contributed by atoms with van der Waals surface area (Å²) in [5.74, 6) is 0. The highest BCUT2D eigenvalue weighted by Gasteiger charge is 2.31. The molecule has 0 aliphatic carbocycles. The number of aryl methyl sites for hydroxylation is 1. The van der Waals surface area contributed by atoms with Crippen molar-refractivity contribution in [2.24, 2.45) is 12.2 Å². The fourth-order valence-electron chi connectivity index (χ4n) is 3.06. The van der Waals surface area contributed by atoms with Gasteiger partial charge in [-0.3, -0.25) is 0 Å². The number of nitrogens with zero attached hydrogens (tertiary/aromatic N) is 2. The number of aromatic nitrogens is 1. The Balaban J connectivity index is 1.73. The maximum Gasteiger partial charge on any atom is 0.322 e. The molecule has 1 atom stereocenters. The first kappa shape index (κ1) is 16.5. The lowest BCUT2D eigenvalue weighted by atomic mass is 10.1. The van der Waals surface area contributed by atoms with E-state index >= 15 is 0 Å². The summed E-state index contributed by atoms with van der Waals surface area (Å²) < 4.78 is 24.5. The van der Waals surface area contributed by atoms with Crippen molar-refractivity contribution in [1.82, 2.24) is 9.47 Å². The van der Waals surface area contributed by atoms with E-state index < -0.39 is 10.0 Å². The van der Waals surface area contributed by atoms with Crippen molar-refractivity contribution < 1.29 is 13.2 Å². The molecule has 1 fully saturated rings. The van der Waals surface area contributed by atoms with Gasteiger partial charge in [0, 0.05) is 31.2 Å². The summed E-state index contributed by atoms with van der Waals surface area (Å²) >= 11 is 0. The van der Waals surface area contributed by atoms with E-state index in [4.69, 9.17) is 5.14 Å². The predicted molar refractivity (Wildman–Crippen MR) is 90.9 cm³/mol. The molecule has 128 valence electrons. The van der Waals surface area contributed by atoms with Crippen LogP contribution >= 0.6 is 0 Å². The largest absolute Gasteiger partial charge is 0.353 e. The SMILES string of the molecule is Cn1cccc1C1CCCN1C(=O)Nc1ccc(S(N)(=O)=O)cc1. The molecule has 0 bridgehead atoms. The zero-order valence-corrected chi connectivity index (χ0v) is 14.2. The van der Waals surface area contributed by atoms with Crippen LogP contribution in [0.1, 0.15) is 24.6 Å². The van der Waals surface area contributed by atoms with Gasteiger partial charge in [-0.05, 0) is 49.2 Å². The molecule has 1 aromatic carbocycles. The third-order valence-corrected chi connectivity index (χ3v) is 5.20. The van der Waals surface area contributed by atoms with Crippen molar-refractivity contribution >= 4 is 21.7 Å². The van der Waals surface area contributed by atoms with Crippen LogP contribution in [-0.4, -0.2) is 30.5 Å². The van der Waals surface area contributed by atoms with Crippen LogP contribution in [0.25, 0.3) is 0 Å². The van der Waals surface area contributed by atoms with Crippen molar-refractivity contribution in [3.63, 3.8) is 0 Å². The summed E-state index contributed by atoms with van der Waals surface area (Å²) in [6.45, 7) is 0.691. The first-order valence-electron chi connectivity index (χ1n) is 7.68. The zero-order chi connectivity index (χ0) is 17.3. The van der Waals surface area contributed by atoms with Gasteiger partial charge < -0.3 is 14.8 Å². The summed E-state index contributed by atoms with van der Waals surface area (Å²) in [5.41, 5.74) is 1.64. The minimum atomic E-state index is -3.73. The summed E-state index contributed by atoms with van der Waals surface area (Å²) in [6, 6.07) is 9.67. The van der Waals surface area contributed by atoms with Crippen LogP contribution in [0.2, 0.25) is 0 Å². The summed E-state index contributed by atoms with van der Waals surface area (Å²) in [5, 5.41) is 7.88. The highest BCUT2D eigenvalue weighted by Crippen LogP contribution is 2.32. The lowest BCUT2D eigenvalue weighted by Gasteiger charge is -2.25. The quantitative estimate of drug-likeness (QED) is 0.888. The maximum atomic E-state index is 12.6. The second kappa shape index (κ2) is 6.29. The van der Waals surface area contributed by atoms with Gasteiger partial charge in [0.1, 0.15) is 0 Å². The highest BCUT2D eigenvalue weighted by molar-refractivity contribution is 7.89. The van der Waals surface area contributed by atoms with E-state index in [0.29, 0.717) is 12.2 Å². The first-order chi connectivity index (χ1) is 11.4. The number of nitrogens with one attached hydrogen (secondary N) is 1. The van der Waals surface area contributed by atoms with Crippen LogP contribution in [0, 0.1) is 0 Å². The molecular weight excluding hydrogens is 328 g/mol. The number of nitrogens with two attached hydrogens (primary N) is 1. The molecule has 1 aromatic heterocycles. The number of carbonyl (C=O) groups is 1. The third kappa shape index (κ3) is 3.29. The maximum absolute atomic E-state index is 12.6. The van der Waals surface area contributed by atoms with E-state index in [2.05, 4.69) is 5.32 Å². The number of primary sulfonamides is 1. The van der Waals surface area contributed by atoms with Gasteiger partial charge in [0.2, 0.25) is 10.0 Å². The molecular formula is C16H20N4O3S. The Bertz CT molecular complexity index is 842. The van der Waals surface area contributed by atoms with Crippen LogP contribution < -0.4 is 10.5 Å². The molecule has 0 radical (unpaired) electrons. The fraction of sp³-hybridized carbons (Fsp3) is 0.312. The molecule has 24 heavy (non-hydrogen) atoms. The number of rotatable bonds is 3. The second-order valence-corrected chi connectivity index (χ2v) is 7.46. The van der Waals surface area contributed by atoms with Gasteiger partial charge in [-0.15, -0.1) is 0 Å². The lowest BCUT2D eigenvalue weighted by molar-refractivity contribution is 0.205. The van der Waals surface area contributed by atoms with E-state index in [0.717, 1.165) is 18.5 Å². The predicted octanol–water partition coefficient (Wildman–Crippen LogP) is 2.04. The average molecular weight is 348 g/mol. The minimum absolute atomic E-state index is 0.0170. The first-order valence-corrected chi connectivity index (χ1v) is 9.22. The summed E-state index contributed by atoms with van der Waals surface area (Å²) in [4.78, 5) is 14.4. The van der Waals surface area contributed by atoms with Gasteiger partial charge in [-0.25, -0.2) is 18.4 Å². The number of anilines is 1. The van der Waals surface area contributed by atoms with Gasteiger partial charge in [-0.2, -0.15) is 0 Å². The molecule has 2 aromatic rings. The van der Waals surface area contributed by atoms with E-state index in [9.17, 15) is 13.2 Å². The molecule has 2 amide bonds. The Kier molecular flexibility index (Phi) is 4.33. The van der Waals surface area contributed by atoms with Crippen molar-refractivity contribution in [3.8, 4) is 0 Å². The number of benzene rings is 1. The third-order valence-electron chi connectivity index (χ3n) is 4.27. The zero-order valence-electron chi connectivity index (χ0n) is 13.3. The molecule has 1 unspecified atom stereocenters. The fourth-order valence-corrected chi connectivity index (χ4v) is 3.58. The van der Waals surface area contributed by atoms with Gasteiger partial charge in [0.05, 0.1) is 10.9 Å². The van der Waals surface area contributed by atoms with E-state index in [-0.39, 0.29) is 17.0 Å². The topological polar surface area (TPSA) is 97.4 Å². The number of sulfonamides is 1. The molecule has 3 rings (SSSR count).